The fourth-order valence-electron chi connectivity index (χ4n) is 10.2. The molecule has 1 aliphatic heterocycles. The number of ketones is 1. The van der Waals surface area contributed by atoms with Crippen LogP contribution in [0.5, 0.6) is 28.7 Å². The van der Waals surface area contributed by atoms with Crippen molar-refractivity contribution in [2.24, 2.45) is 5.92 Å². The number of aliphatic hydroxyl groups is 2. The van der Waals surface area contributed by atoms with E-state index in [0.29, 0.717) is 68.0 Å². The van der Waals surface area contributed by atoms with Crippen LogP contribution in [0, 0.1) is 5.92 Å². The van der Waals surface area contributed by atoms with Gasteiger partial charge >= 0.3 is 0 Å². The first kappa shape index (κ1) is 48.3. The molecule has 0 saturated heterocycles. The van der Waals surface area contributed by atoms with Crippen LogP contribution < -0.4 is 25.1 Å². The lowest BCUT2D eigenvalue weighted by molar-refractivity contribution is -0.127. The van der Waals surface area contributed by atoms with Crippen LogP contribution in [0.4, 0.5) is 0 Å². The van der Waals surface area contributed by atoms with Crippen molar-refractivity contribution in [3.05, 3.63) is 147 Å². The molecule has 2 aliphatic rings. The van der Waals surface area contributed by atoms with Crippen LogP contribution in [0.25, 0.3) is 10.8 Å². The highest BCUT2D eigenvalue weighted by atomic mass is 33.1. The van der Waals surface area contributed by atoms with Crippen LogP contribution in [-0.4, -0.2) is 76.2 Å². The molecule has 2 heterocycles. The SMILES string of the molecule is CCc1ccc2ccccc2c1Cc1c(CC(Cc2cc[n-]c2)C(O)CC(=O)C2(c3cc(O)cc(CNC)c3)CCC3SSCC(C)(O)CNCOc4c(O)ccc(c43)C2)ccc(O)c1OC. The van der Waals surface area contributed by atoms with E-state index < -0.39 is 23.0 Å². The summed E-state index contributed by atoms with van der Waals surface area (Å²) in [6, 6.07) is 26.9. The highest BCUT2D eigenvalue weighted by Gasteiger charge is 2.46. The summed E-state index contributed by atoms with van der Waals surface area (Å²) in [6.07, 6.45) is 5.47. The van der Waals surface area contributed by atoms with Crippen molar-refractivity contribution in [3.63, 3.8) is 0 Å². The number of aromatic hydroxyl groups is 3. The van der Waals surface area contributed by atoms with Crippen molar-refractivity contribution in [3.8, 4) is 28.7 Å². The minimum absolute atomic E-state index is 0.00786. The number of nitrogens with zero attached hydrogens (tertiary/aromatic N) is 1. The molecule has 0 saturated carbocycles. The first-order valence-electron chi connectivity index (χ1n) is 23.1. The number of benzene rings is 5. The summed E-state index contributed by atoms with van der Waals surface area (Å²) in [5.41, 5.74) is 5.89. The molecule has 354 valence electrons. The summed E-state index contributed by atoms with van der Waals surface area (Å²) >= 11 is 0. The largest absolute Gasteiger partial charge is 0.670 e. The molecule has 0 bridgehead atoms. The second-order valence-electron chi connectivity index (χ2n) is 18.5. The standard InChI is InChI=1S/C54H62N3O8S2/c1-5-35-10-11-36-8-6-7-9-42(36)43(35)25-44-37(12-14-45(59)51(44)64-4)23-39(20-33-17-19-56-29-33)47(61)26-49(62)54(40-21-34(28-55-3)22-41(58)24-40)18-16-48-50-38(27-54)13-15-46(60)52(50)65-32-57-30-53(2,63)31-66-67-48/h6-15,17,19,21-22,24,29,39,47-48,55,57-61,63H,5,16,18,20,23,25-28,30-32H2,1-4H3/q-1. The van der Waals surface area contributed by atoms with Gasteiger partial charge in [0.2, 0.25) is 0 Å². The Morgan fingerprint density at radius 3 is 2.57 bits per heavy atom. The van der Waals surface area contributed by atoms with Gasteiger partial charge in [-0.05, 0) is 127 Å². The molecule has 7 N–H and O–H groups in total. The van der Waals surface area contributed by atoms with E-state index in [1.165, 1.54) is 5.56 Å². The second kappa shape index (κ2) is 21.0. The third kappa shape index (κ3) is 10.6. The van der Waals surface area contributed by atoms with Crippen molar-refractivity contribution in [2.45, 2.75) is 94.1 Å². The lowest BCUT2D eigenvalue weighted by Crippen LogP contribution is -2.41. The van der Waals surface area contributed by atoms with Gasteiger partial charge in [0.1, 0.15) is 18.3 Å². The normalized spacial score (nSPS) is 20.8. The number of Topliss-reactive ketones (excluding diaryl/α,β-unsaturated/α-hetero) is 1. The van der Waals surface area contributed by atoms with Crippen molar-refractivity contribution < 1.29 is 39.8 Å². The molecule has 6 aromatic rings. The van der Waals surface area contributed by atoms with Gasteiger partial charge in [-0.15, -0.1) is 0 Å². The Labute approximate surface area is 401 Å². The van der Waals surface area contributed by atoms with Crippen LogP contribution in [0.2, 0.25) is 0 Å². The highest BCUT2D eigenvalue weighted by Crippen LogP contribution is 2.55. The van der Waals surface area contributed by atoms with Gasteiger partial charge in [-0.3, -0.25) is 10.1 Å². The Bertz CT molecular complexity index is 2690. The first-order chi connectivity index (χ1) is 32.3. The minimum Gasteiger partial charge on any atom is -0.670 e. The number of aliphatic hydroxyl groups excluding tert-OH is 1. The number of aryl methyl sites for hydroxylation is 1. The zero-order chi connectivity index (χ0) is 47.3. The molecule has 11 nitrogen and oxygen atoms in total. The maximum atomic E-state index is 15.8. The van der Waals surface area contributed by atoms with Crippen molar-refractivity contribution >= 4 is 38.1 Å². The minimum atomic E-state index is -1.20. The number of aromatic nitrogens is 1. The van der Waals surface area contributed by atoms with Gasteiger partial charge in [0.05, 0.1) is 24.2 Å². The summed E-state index contributed by atoms with van der Waals surface area (Å²) in [5, 5.41) is 66.0. The molecule has 5 atom stereocenters. The van der Waals surface area contributed by atoms with Crippen molar-refractivity contribution in [1.29, 1.82) is 0 Å². The smallest absolute Gasteiger partial charge is 0.167 e. The van der Waals surface area contributed by atoms with Crippen LogP contribution >= 0.6 is 21.6 Å². The molecule has 0 spiro atoms. The molecule has 5 aromatic carbocycles. The number of fused-ring (bicyclic) bond motifs is 1. The van der Waals surface area contributed by atoms with E-state index in [1.54, 1.807) is 72.3 Å². The number of methoxy groups -OCH3 is 1. The highest BCUT2D eigenvalue weighted by molar-refractivity contribution is 8.76. The number of nitrogens with one attached hydrogen (secondary N) is 2. The van der Waals surface area contributed by atoms with E-state index >= 15 is 4.79 Å². The van der Waals surface area contributed by atoms with Crippen molar-refractivity contribution in [2.75, 3.05) is 33.2 Å². The van der Waals surface area contributed by atoms with E-state index in [2.05, 4.69) is 46.8 Å². The Balaban J connectivity index is 1.20. The van der Waals surface area contributed by atoms with Gasteiger partial charge in [0, 0.05) is 48.1 Å². The van der Waals surface area contributed by atoms with E-state index in [1.807, 2.05) is 43.4 Å². The lowest BCUT2D eigenvalue weighted by atomic mass is 9.68. The van der Waals surface area contributed by atoms with Gasteiger partial charge < -0.3 is 45.3 Å². The maximum Gasteiger partial charge on any atom is 0.167 e. The summed E-state index contributed by atoms with van der Waals surface area (Å²) in [5.74, 6) is 0.613. The van der Waals surface area contributed by atoms with Gasteiger partial charge in [-0.2, -0.15) is 12.4 Å². The Morgan fingerprint density at radius 1 is 0.985 bits per heavy atom. The zero-order valence-electron chi connectivity index (χ0n) is 38.7. The van der Waals surface area contributed by atoms with Crippen molar-refractivity contribution in [1.82, 2.24) is 15.6 Å². The zero-order valence-corrected chi connectivity index (χ0v) is 40.3. The monoisotopic (exact) mass is 944 g/mol. The molecule has 5 unspecified atom stereocenters. The van der Waals surface area contributed by atoms with Gasteiger partial charge in [0.15, 0.2) is 23.0 Å². The predicted molar refractivity (Wildman–Crippen MR) is 268 cm³/mol. The average Bonchev–Trinajstić information content (AvgIpc) is 3.75. The number of carbonyl (C=O) groups is 1. The van der Waals surface area contributed by atoms with Crippen LogP contribution in [0.3, 0.4) is 0 Å². The molecule has 8 rings (SSSR count). The molecule has 1 aliphatic carbocycles. The average molecular weight is 945 g/mol. The third-order valence-corrected chi connectivity index (χ3v) is 16.7. The summed E-state index contributed by atoms with van der Waals surface area (Å²) in [4.78, 5) is 20.1. The molecular formula is C54H62N3O8S2-. The number of ether oxygens (including phenoxy) is 2. The first-order valence-corrected chi connectivity index (χ1v) is 25.5. The fourth-order valence-corrected chi connectivity index (χ4v) is 13.4. The van der Waals surface area contributed by atoms with E-state index in [0.717, 1.165) is 56.1 Å². The van der Waals surface area contributed by atoms with Gasteiger partial charge in [-0.1, -0.05) is 94.7 Å². The maximum absolute atomic E-state index is 15.8. The summed E-state index contributed by atoms with van der Waals surface area (Å²) in [7, 11) is 6.54. The van der Waals surface area contributed by atoms with Crippen LogP contribution in [-0.2, 0) is 48.9 Å². The third-order valence-electron chi connectivity index (χ3n) is 13.7. The Kier molecular flexibility index (Phi) is 15.2. The van der Waals surface area contributed by atoms with E-state index in [-0.39, 0.29) is 47.9 Å². The Morgan fingerprint density at radius 2 is 1.79 bits per heavy atom. The number of β-amino-alcohol motifs (C(OH)–C–C–N with tert-alkyl or cyclic N) is 1. The molecule has 0 amide bonds. The van der Waals surface area contributed by atoms with E-state index in [4.69, 9.17) is 9.47 Å². The molecular weight excluding hydrogens is 883 g/mol. The number of hydrogen-bond donors (Lipinski definition) is 7. The number of phenols is 3. The summed E-state index contributed by atoms with van der Waals surface area (Å²) < 4.78 is 12.2. The number of hydrogen-bond acceptors (Lipinski definition) is 12. The molecule has 0 radical (unpaired) electrons. The van der Waals surface area contributed by atoms with Gasteiger partial charge in [-0.25, -0.2) is 0 Å². The molecule has 0 fully saturated rings. The number of phenolic OH excluding ortho intramolecular Hbond substituents is 3. The second-order valence-corrected chi connectivity index (χ2v) is 21.1. The predicted octanol–water partition coefficient (Wildman–Crippen LogP) is 8.60. The van der Waals surface area contributed by atoms with Crippen LogP contribution in [0.15, 0.2) is 97.3 Å². The van der Waals surface area contributed by atoms with E-state index in [9.17, 15) is 25.5 Å². The molecule has 13 heteroatoms. The Hall–Kier alpha value is -5.15. The van der Waals surface area contributed by atoms with Crippen LogP contribution in [0.1, 0.15) is 88.4 Å². The van der Waals surface area contributed by atoms with Gasteiger partial charge in [0.25, 0.3) is 0 Å². The molecule has 67 heavy (non-hydrogen) atoms. The fraction of sp³-hybridized carbons (Fsp3) is 0.389. The quantitative estimate of drug-likeness (QED) is 0.0488. The lowest BCUT2D eigenvalue weighted by Gasteiger charge is -2.35. The number of carbonyl (C=O) groups excluding carboxylic acids is 1. The summed E-state index contributed by atoms with van der Waals surface area (Å²) in [6.45, 7) is 4.76. The number of rotatable bonds is 15. The topological polar surface area (TPSA) is 175 Å². The molecule has 1 aromatic heterocycles.